The van der Waals surface area contributed by atoms with E-state index in [4.69, 9.17) is 10.5 Å². The first kappa shape index (κ1) is 21.5. The molecule has 1 aliphatic heterocycles. The van der Waals surface area contributed by atoms with Crippen molar-refractivity contribution in [1.82, 2.24) is 4.90 Å². The molecule has 0 bridgehead atoms. The number of aryl methyl sites for hydroxylation is 1. The number of methoxy groups -OCH3 is 1. The number of ether oxygens (including phenoxy) is 1. The van der Waals surface area contributed by atoms with Gasteiger partial charge in [-0.05, 0) is 30.5 Å². The van der Waals surface area contributed by atoms with Crippen LogP contribution in [0.3, 0.4) is 0 Å². The molecule has 3 rings (SSSR count). The van der Waals surface area contributed by atoms with E-state index in [1.807, 2.05) is 48.5 Å². The van der Waals surface area contributed by atoms with Gasteiger partial charge in [-0.1, -0.05) is 48.5 Å². The molecule has 2 N–H and O–H groups in total. The van der Waals surface area contributed by atoms with Crippen molar-refractivity contribution in [2.24, 2.45) is 10.8 Å². The molecule has 0 aromatic heterocycles. The van der Waals surface area contributed by atoms with E-state index in [1.54, 1.807) is 17.0 Å². The summed E-state index contributed by atoms with van der Waals surface area (Å²) >= 11 is 0. The third-order valence-corrected chi connectivity index (χ3v) is 5.10. The Hall–Kier alpha value is -3.19. The lowest BCUT2D eigenvalue weighted by Crippen LogP contribution is -2.41. The van der Waals surface area contributed by atoms with Crippen molar-refractivity contribution in [2.75, 3.05) is 31.8 Å². The second-order valence-corrected chi connectivity index (χ2v) is 7.22. The maximum absolute atomic E-state index is 13.2. The Morgan fingerprint density at radius 2 is 1.77 bits per heavy atom. The number of hydrogen-bond donors (Lipinski definition) is 1. The van der Waals surface area contributed by atoms with Crippen molar-refractivity contribution in [1.29, 1.82) is 0 Å². The second kappa shape index (κ2) is 10.5. The normalized spacial score (nSPS) is 15.7. The third-order valence-electron chi connectivity index (χ3n) is 5.10. The first-order valence-electron chi connectivity index (χ1n) is 10.1. The average molecular weight is 409 g/mol. The highest BCUT2D eigenvalue weighted by molar-refractivity contribution is 6.40. The summed E-state index contributed by atoms with van der Waals surface area (Å²) in [5, 5.41) is 6.02. The molecule has 0 saturated heterocycles. The SMILES string of the molecule is COCCN(CCCc1ccccc1)C(=O)C1=NN(c2ccccc2)C(C(N)=O)C1. The Bertz CT molecular complexity index is 871. The van der Waals surface area contributed by atoms with Crippen LogP contribution in [0.15, 0.2) is 65.8 Å². The molecular formula is C23H28N4O3. The number of benzene rings is 2. The molecule has 2 aromatic rings. The molecule has 158 valence electrons. The third kappa shape index (κ3) is 5.45. The first-order chi connectivity index (χ1) is 14.6. The lowest BCUT2D eigenvalue weighted by molar-refractivity contribution is -0.124. The standard InChI is InChI=1S/C23H28N4O3/c1-30-16-15-26(14-8-11-18-9-4-2-5-10-18)23(29)20-17-21(22(24)28)27(25-20)19-12-6-3-7-13-19/h2-7,9-10,12-13,21H,8,11,14-17H2,1H3,(H2,24,28). The number of anilines is 1. The average Bonchev–Trinajstić information content (AvgIpc) is 3.23. The highest BCUT2D eigenvalue weighted by Crippen LogP contribution is 2.25. The number of hydrogen-bond acceptors (Lipinski definition) is 5. The topological polar surface area (TPSA) is 88.2 Å². The Labute approximate surface area is 177 Å². The van der Waals surface area contributed by atoms with Crippen LogP contribution in [0.1, 0.15) is 18.4 Å². The summed E-state index contributed by atoms with van der Waals surface area (Å²) in [6.07, 6.45) is 1.91. The molecule has 2 amide bonds. The minimum absolute atomic E-state index is 0.176. The molecule has 7 heteroatoms. The van der Waals surface area contributed by atoms with Crippen molar-refractivity contribution in [3.63, 3.8) is 0 Å². The van der Waals surface area contributed by atoms with Crippen molar-refractivity contribution in [3.05, 3.63) is 66.2 Å². The summed E-state index contributed by atoms with van der Waals surface area (Å²) in [5.41, 5.74) is 7.90. The molecular weight excluding hydrogens is 380 g/mol. The number of carbonyl (C=O) groups excluding carboxylic acids is 2. The van der Waals surface area contributed by atoms with Gasteiger partial charge in [0.2, 0.25) is 5.91 Å². The largest absolute Gasteiger partial charge is 0.383 e. The quantitative estimate of drug-likeness (QED) is 0.653. The minimum atomic E-state index is -0.667. The lowest BCUT2D eigenvalue weighted by Gasteiger charge is -2.22. The summed E-state index contributed by atoms with van der Waals surface area (Å²) in [6, 6.07) is 18.8. The number of carbonyl (C=O) groups is 2. The van der Waals surface area contributed by atoms with Gasteiger partial charge >= 0.3 is 0 Å². The van der Waals surface area contributed by atoms with Crippen LogP contribution in [0.5, 0.6) is 0 Å². The van der Waals surface area contributed by atoms with E-state index in [-0.39, 0.29) is 12.3 Å². The number of hydrazone groups is 1. The van der Waals surface area contributed by atoms with Gasteiger partial charge in [0.1, 0.15) is 11.8 Å². The monoisotopic (exact) mass is 408 g/mol. The van der Waals surface area contributed by atoms with E-state index >= 15 is 0 Å². The van der Waals surface area contributed by atoms with Crippen LogP contribution in [0.4, 0.5) is 5.69 Å². The van der Waals surface area contributed by atoms with Crippen LogP contribution < -0.4 is 10.7 Å². The Kier molecular flexibility index (Phi) is 7.57. The molecule has 1 unspecified atom stereocenters. The van der Waals surface area contributed by atoms with Crippen molar-refractivity contribution in [2.45, 2.75) is 25.3 Å². The molecule has 0 radical (unpaired) electrons. The van der Waals surface area contributed by atoms with Gasteiger partial charge in [0.25, 0.3) is 5.91 Å². The molecule has 1 aliphatic rings. The zero-order chi connectivity index (χ0) is 21.3. The van der Waals surface area contributed by atoms with E-state index in [0.717, 1.165) is 18.5 Å². The molecule has 0 saturated carbocycles. The lowest BCUT2D eigenvalue weighted by atomic mass is 10.1. The number of amides is 2. The fourth-order valence-corrected chi connectivity index (χ4v) is 3.50. The summed E-state index contributed by atoms with van der Waals surface area (Å²) in [6.45, 7) is 1.49. The van der Waals surface area contributed by atoms with E-state index in [9.17, 15) is 9.59 Å². The highest BCUT2D eigenvalue weighted by Gasteiger charge is 2.36. The number of primary amides is 1. The maximum Gasteiger partial charge on any atom is 0.270 e. The van der Waals surface area contributed by atoms with Crippen LogP contribution in [-0.4, -0.2) is 55.3 Å². The van der Waals surface area contributed by atoms with Gasteiger partial charge in [0.15, 0.2) is 0 Å². The van der Waals surface area contributed by atoms with Crippen LogP contribution in [-0.2, 0) is 20.7 Å². The fraction of sp³-hybridized carbons (Fsp3) is 0.348. The highest BCUT2D eigenvalue weighted by atomic mass is 16.5. The van der Waals surface area contributed by atoms with Gasteiger partial charge in [-0.15, -0.1) is 0 Å². The summed E-state index contributed by atoms with van der Waals surface area (Å²) < 4.78 is 5.18. The molecule has 1 atom stereocenters. The second-order valence-electron chi connectivity index (χ2n) is 7.22. The summed E-state index contributed by atoms with van der Waals surface area (Å²) in [7, 11) is 1.61. The molecule has 7 nitrogen and oxygen atoms in total. The Morgan fingerprint density at radius 3 is 2.40 bits per heavy atom. The predicted octanol–water partition coefficient (Wildman–Crippen LogP) is 2.21. The minimum Gasteiger partial charge on any atom is -0.383 e. The maximum atomic E-state index is 13.2. The predicted molar refractivity (Wildman–Crippen MR) is 117 cm³/mol. The number of nitrogens with two attached hydrogens (primary N) is 1. The summed E-state index contributed by atoms with van der Waals surface area (Å²) in [5.74, 6) is -0.678. The number of rotatable bonds is 10. The van der Waals surface area contributed by atoms with E-state index < -0.39 is 11.9 Å². The molecule has 0 aliphatic carbocycles. The molecule has 0 spiro atoms. The van der Waals surface area contributed by atoms with Crippen molar-refractivity contribution >= 4 is 23.2 Å². The zero-order valence-electron chi connectivity index (χ0n) is 17.2. The molecule has 1 heterocycles. The van der Waals surface area contributed by atoms with Crippen molar-refractivity contribution < 1.29 is 14.3 Å². The fourth-order valence-electron chi connectivity index (χ4n) is 3.50. The first-order valence-corrected chi connectivity index (χ1v) is 10.1. The van der Waals surface area contributed by atoms with Gasteiger partial charge in [-0.2, -0.15) is 5.10 Å². The van der Waals surface area contributed by atoms with Crippen LogP contribution in [0, 0.1) is 0 Å². The number of nitrogens with zero attached hydrogens (tertiary/aromatic N) is 3. The Balaban J connectivity index is 1.71. The smallest absolute Gasteiger partial charge is 0.270 e. The van der Waals surface area contributed by atoms with Gasteiger partial charge in [0.05, 0.1) is 12.3 Å². The van der Waals surface area contributed by atoms with Gasteiger partial charge < -0.3 is 15.4 Å². The van der Waals surface area contributed by atoms with Gasteiger partial charge in [0, 0.05) is 26.6 Å². The van der Waals surface area contributed by atoms with E-state index in [2.05, 4.69) is 17.2 Å². The molecule has 30 heavy (non-hydrogen) atoms. The van der Waals surface area contributed by atoms with E-state index in [1.165, 1.54) is 5.56 Å². The van der Waals surface area contributed by atoms with Crippen LogP contribution in [0.2, 0.25) is 0 Å². The van der Waals surface area contributed by atoms with Gasteiger partial charge in [-0.3, -0.25) is 14.6 Å². The molecule has 2 aromatic carbocycles. The Morgan fingerprint density at radius 1 is 1.10 bits per heavy atom. The zero-order valence-corrected chi connectivity index (χ0v) is 17.2. The van der Waals surface area contributed by atoms with Crippen LogP contribution >= 0.6 is 0 Å². The number of para-hydroxylation sites is 1. The van der Waals surface area contributed by atoms with Crippen molar-refractivity contribution in [3.8, 4) is 0 Å². The summed E-state index contributed by atoms with van der Waals surface area (Å²) in [4.78, 5) is 26.9. The van der Waals surface area contributed by atoms with Gasteiger partial charge in [-0.25, -0.2) is 0 Å². The van der Waals surface area contributed by atoms with Crippen LogP contribution in [0.25, 0.3) is 0 Å². The molecule has 0 fully saturated rings. The van der Waals surface area contributed by atoms with E-state index in [0.29, 0.717) is 25.4 Å².